The minimum atomic E-state index is -1.59. The van der Waals surface area contributed by atoms with Crippen LogP contribution in [0.4, 0.5) is 0 Å². The van der Waals surface area contributed by atoms with Crippen LogP contribution in [-0.2, 0) is 49.6 Å². The van der Waals surface area contributed by atoms with E-state index in [0.717, 1.165) is 0 Å². The number of unbranched alkanes of at least 4 members (excludes halogenated alkanes) is 2. The number of likely N-dealkylation sites (tertiary alicyclic amines) is 1. The lowest BCUT2D eigenvalue weighted by Crippen LogP contribution is -2.61. The smallest absolute Gasteiger partial charge is 0.306 e. The van der Waals surface area contributed by atoms with Crippen LogP contribution in [0, 0.1) is 17.2 Å². The van der Waals surface area contributed by atoms with Gasteiger partial charge >= 0.3 is 5.97 Å². The highest BCUT2D eigenvalue weighted by atomic mass is 16.4. The van der Waals surface area contributed by atoms with Gasteiger partial charge in [-0.2, -0.15) is 5.26 Å². The van der Waals surface area contributed by atoms with Crippen molar-refractivity contribution in [1.82, 2.24) is 36.8 Å². The predicted molar refractivity (Wildman–Crippen MR) is 293 cm³/mol. The van der Waals surface area contributed by atoms with E-state index in [9.17, 15) is 58.6 Å². The third-order valence-corrected chi connectivity index (χ3v) is 13.3. The number of nitrogens with two attached hydrogens (primary N) is 8. The van der Waals surface area contributed by atoms with E-state index in [0.29, 0.717) is 62.7 Å². The number of nitrogens with one attached hydrogen (secondary N) is 6. The Hall–Kier alpha value is -6.87. The van der Waals surface area contributed by atoms with Crippen molar-refractivity contribution in [2.45, 2.75) is 158 Å². The van der Waals surface area contributed by atoms with Crippen molar-refractivity contribution in [2.75, 3.05) is 52.4 Å². The SMILES string of the molecule is N#Cc1ccc(CC(NC(=O)[C@@H]2CCCN2C(=O)[C@@H](CCCN)NC(=O)CNC(=O)[C@H](CCCN)NC(=O)[C@@H](NC(=O)[C@@H](N)CCCCN)[C@@H](O)CN)C(=O)N[C@@H](CCCCN)C(=O)CCC(CCCN=C(N)N)C(=O)O)cc1. The molecule has 1 saturated heterocycles. The number of carbonyl (C=O) groups is 9. The Bertz CT molecular complexity index is 2190. The molecule has 24 N–H and O–H groups in total. The van der Waals surface area contributed by atoms with Crippen LogP contribution in [0.5, 0.6) is 0 Å². The highest BCUT2D eigenvalue weighted by Crippen LogP contribution is 2.21. The average molecular weight is 1110 g/mol. The molecule has 0 aromatic heterocycles. The quantitative estimate of drug-likeness (QED) is 0.0166. The van der Waals surface area contributed by atoms with Crippen LogP contribution in [0.2, 0.25) is 0 Å². The molecule has 0 radical (unpaired) electrons. The van der Waals surface area contributed by atoms with Crippen molar-refractivity contribution >= 4 is 59.1 Å². The number of aliphatic hydroxyl groups excluding tert-OH is 1. The zero-order valence-electron chi connectivity index (χ0n) is 45.2. The number of guanidine groups is 1. The van der Waals surface area contributed by atoms with E-state index < -0.39 is 121 Å². The normalized spacial score (nSPS) is 16.0. The van der Waals surface area contributed by atoms with Crippen LogP contribution in [0.1, 0.15) is 114 Å². The molecule has 79 heavy (non-hydrogen) atoms. The monoisotopic (exact) mass is 1110 g/mol. The first-order valence-corrected chi connectivity index (χ1v) is 27.1. The molecule has 2 unspecified atom stereocenters. The van der Waals surface area contributed by atoms with E-state index >= 15 is 0 Å². The number of ketones is 1. The maximum absolute atomic E-state index is 14.4. The molecule has 0 bridgehead atoms. The molecule has 7 amide bonds. The fourth-order valence-electron chi connectivity index (χ4n) is 8.78. The first-order chi connectivity index (χ1) is 37.7. The molecule has 1 aliphatic heterocycles. The molecule has 0 spiro atoms. The lowest BCUT2D eigenvalue weighted by Gasteiger charge is -2.30. The summed E-state index contributed by atoms with van der Waals surface area (Å²) in [5.41, 5.74) is 46.0. The molecule has 2 rings (SSSR count). The largest absolute Gasteiger partial charge is 0.481 e. The topological polar surface area (TPSA) is 514 Å². The number of Topliss-reactive ketones (excluding diaryl/α,β-unsaturated/α-hetero) is 1. The van der Waals surface area contributed by atoms with E-state index in [1.54, 1.807) is 12.1 Å². The number of amides is 7. The van der Waals surface area contributed by atoms with Gasteiger partial charge < -0.3 is 92.9 Å². The Labute approximate surface area is 461 Å². The predicted octanol–water partition coefficient (Wildman–Crippen LogP) is -4.88. The summed E-state index contributed by atoms with van der Waals surface area (Å²) in [5, 5.41) is 45.4. The Balaban J connectivity index is 2.31. The van der Waals surface area contributed by atoms with Crippen molar-refractivity contribution in [3.8, 4) is 6.07 Å². The van der Waals surface area contributed by atoms with Gasteiger partial charge in [0.25, 0.3) is 0 Å². The number of hydrogen-bond donors (Lipinski definition) is 16. The van der Waals surface area contributed by atoms with Crippen LogP contribution in [0.3, 0.4) is 0 Å². The average Bonchev–Trinajstić information content (AvgIpc) is 3.94. The molecule has 28 nitrogen and oxygen atoms in total. The van der Waals surface area contributed by atoms with Crippen LogP contribution >= 0.6 is 0 Å². The highest BCUT2D eigenvalue weighted by molar-refractivity contribution is 5.97. The molecule has 1 fully saturated rings. The van der Waals surface area contributed by atoms with Crippen LogP contribution in [0.15, 0.2) is 29.3 Å². The number of aliphatic carboxylic acids is 1. The number of carboxylic acid groups (broad SMARTS) is 1. The third-order valence-electron chi connectivity index (χ3n) is 13.3. The molecule has 0 aliphatic carbocycles. The second kappa shape index (κ2) is 37.9. The van der Waals surface area contributed by atoms with E-state index in [2.05, 4.69) is 36.9 Å². The number of aliphatic imine (C=N–C) groups is 1. The Morgan fingerprint density at radius 2 is 1.29 bits per heavy atom. The number of benzene rings is 1. The number of aliphatic hydroxyl groups is 1. The van der Waals surface area contributed by atoms with Crippen LogP contribution < -0.4 is 77.8 Å². The van der Waals surface area contributed by atoms with E-state index in [1.165, 1.54) is 17.0 Å². The molecule has 1 aromatic carbocycles. The maximum Gasteiger partial charge on any atom is 0.306 e. The van der Waals surface area contributed by atoms with Crippen molar-refractivity contribution in [3.63, 3.8) is 0 Å². The number of hydrogen-bond acceptors (Lipinski definition) is 18. The number of carbonyl (C=O) groups excluding carboxylic acids is 8. The molecule has 9 atom stereocenters. The van der Waals surface area contributed by atoms with Crippen molar-refractivity contribution < 1.29 is 53.4 Å². The van der Waals surface area contributed by atoms with Gasteiger partial charge in [0.1, 0.15) is 30.2 Å². The molecule has 0 saturated carbocycles. The first kappa shape index (κ1) is 68.2. The van der Waals surface area contributed by atoms with Crippen molar-refractivity contribution in [1.29, 1.82) is 5.26 Å². The first-order valence-electron chi connectivity index (χ1n) is 27.1. The number of carboxylic acids is 1. The van der Waals surface area contributed by atoms with Gasteiger partial charge in [-0.05, 0) is 134 Å². The van der Waals surface area contributed by atoms with Gasteiger partial charge in [0, 0.05) is 32.5 Å². The fourth-order valence-corrected chi connectivity index (χ4v) is 8.78. The Morgan fingerprint density at radius 1 is 0.684 bits per heavy atom. The number of nitriles is 1. The van der Waals surface area contributed by atoms with E-state index in [1.807, 2.05) is 6.07 Å². The standard InChI is InChI=1S/C51H87N17O11/c52-21-3-1-10-34(58)44(72)67-43(41(70)29-57)48(76)65-36(12-5-23-54)45(73)62-30-42(71)63-37(13-6-24-55)49(77)68-26-8-14-39(68)47(75)66-38(27-31-15-17-32(28-56)18-16-31)46(74)64-35(11-2-4-22-53)40(69)20-19-33(50(78)79)9-7-25-61-51(59)60/h15-18,33-39,41,43,70H,1-14,19-27,29-30,52-55,57-58H2,(H,62,73)(H,63,71)(H,64,74)(H,65,76)(H,66,75)(H,67,72)(H,78,79)(H4,59,60,61)/t33?,34-,35-,36-,37+,38?,39-,41-,43-/m0/s1. The summed E-state index contributed by atoms with van der Waals surface area (Å²) in [6.45, 7) is 0.154. The summed E-state index contributed by atoms with van der Waals surface area (Å²) in [6, 6.07) is -0.325. The molecule has 1 heterocycles. The molecule has 1 aliphatic rings. The second-order valence-electron chi connectivity index (χ2n) is 19.5. The summed E-state index contributed by atoms with van der Waals surface area (Å²) in [6.07, 6.45) is 2.33. The van der Waals surface area contributed by atoms with Gasteiger partial charge in [0.2, 0.25) is 41.4 Å². The number of nitrogens with zero attached hydrogens (tertiary/aromatic N) is 3. The van der Waals surface area contributed by atoms with Crippen molar-refractivity contribution in [2.24, 2.45) is 56.8 Å². The van der Waals surface area contributed by atoms with Gasteiger partial charge in [-0.15, -0.1) is 0 Å². The fraction of sp³-hybridized carbons (Fsp3) is 0.667. The summed E-state index contributed by atoms with van der Waals surface area (Å²) in [7, 11) is 0. The van der Waals surface area contributed by atoms with Gasteiger partial charge in [-0.1, -0.05) is 18.6 Å². The lowest BCUT2D eigenvalue weighted by molar-refractivity contribution is -0.143. The van der Waals surface area contributed by atoms with E-state index in [4.69, 9.17) is 45.9 Å². The minimum Gasteiger partial charge on any atom is -0.481 e. The highest BCUT2D eigenvalue weighted by Gasteiger charge is 2.40. The zero-order chi connectivity index (χ0) is 58.9. The number of rotatable bonds is 40. The minimum absolute atomic E-state index is 0.00735. The third kappa shape index (κ3) is 25.2. The van der Waals surface area contributed by atoms with Gasteiger partial charge in [0.15, 0.2) is 11.7 Å². The van der Waals surface area contributed by atoms with Crippen LogP contribution in [-0.4, -0.2) is 175 Å². The summed E-state index contributed by atoms with van der Waals surface area (Å²) >= 11 is 0. The molecule has 442 valence electrons. The molecular formula is C51H87N17O11. The summed E-state index contributed by atoms with van der Waals surface area (Å²) in [5.74, 6) is -7.95. The Morgan fingerprint density at radius 3 is 1.89 bits per heavy atom. The van der Waals surface area contributed by atoms with Gasteiger partial charge in [-0.3, -0.25) is 48.1 Å². The lowest BCUT2D eigenvalue weighted by atomic mass is 9.93. The molecular weight excluding hydrogens is 1030 g/mol. The van der Waals surface area contributed by atoms with E-state index in [-0.39, 0.29) is 103 Å². The molecule has 1 aromatic rings. The van der Waals surface area contributed by atoms with Gasteiger partial charge in [-0.25, -0.2) is 0 Å². The van der Waals surface area contributed by atoms with Crippen molar-refractivity contribution in [3.05, 3.63) is 35.4 Å². The Kier molecular flexibility index (Phi) is 32.7. The summed E-state index contributed by atoms with van der Waals surface area (Å²) in [4.78, 5) is 127. The van der Waals surface area contributed by atoms with Gasteiger partial charge in [0.05, 0.1) is 42.3 Å². The maximum atomic E-state index is 14.4. The van der Waals surface area contributed by atoms with Crippen LogP contribution in [0.25, 0.3) is 0 Å². The second-order valence-corrected chi connectivity index (χ2v) is 19.5. The zero-order valence-corrected chi connectivity index (χ0v) is 45.2. The summed E-state index contributed by atoms with van der Waals surface area (Å²) < 4.78 is 0. The molecule has 28 heteroatoms.